The van der Waals surface area contributed by atoms with Crippen LogP contribution >= 0.6 is 38.2 Å². The van der Waals surface area contributed by atoms with Gasteiger partial charge in [-0.15, -0.1) is 0 Å². The summed E-state index contributed by atoms with van der Waals surface area (Å²) in [5.41, 5.74) is 5.49. The molecule has 0 radical (unpaired) electrons. The average Bonchev–Trinajstić information content (AvgIpc) is 2.49. The SMILES string of the molecule is CO/C(Br)=C(\C)P(Br)Nc1c(C(C)(C)C)cc(C(C)(C)C)cc1C(C)(C)C. The number of benzene rings is 1. The Morgan fingerprint density at radius 2 is 1.30 bits per heavy atom. The lowest BCUT2D eigenvalue weighted by atomic mass is 9.74. The molecule has 0 spiro atoms. The molecule has 1 unspecified atom stereocenters. The van der Waals surface area contributed by atoms with Crippen molar-refractivity contribution >= 4 is 43.9 Å². The summed E-state index contributed by atoms with van der Waals surface area (Å²) >= 11 is 7.38. The monoisotopic (exact) mass is 519 g/mol. The van der Waals surface area contributed by atoms with Crippen molar-refractivity contribution in [2.24, 2.45) is 0 Å². The van der Waals surface area contributed by atoms with E-state index in [1.165, 1.54) is 22.4 Å². The van der Waals surface area contributed by atoms with Crippen molar-refractivity contribution in [2.75, 3.05) is 12.2 Å². The Bertz CT molecular complexity index is 671. The standard InChI is InChI=1S/C22H36Br2NOP/c1-14(19(23)26-11)27(24)25-18-16(21(5,6)7)12-15(20(2,3)4)13-17(18)22(8,9)10/h12-13,25H,1-11H3/b19-14+. The fraction of sp³-hybridized carbons (Fsp3) is 0.636. The second kappa shape index (κ2) is 8.76. The van der Waals surface area contributed by atoms with E-state index in [4.69, 9.17) is 4.74 Å². The molecular formula is C22H36Br2NOP. The Morgan fingerprint density at radius 1 is 0.889 bits per heavy atom. The minimum atomic E-state index is -0.758. The van der Waals surface area contributed by atoms with E-state index in [2.05, 4.69) is 118 Å². The predicted octanol–water partition coefficient (Wildman–Crippen LogP) is 8.93. The van der Waals surface area contributed by atoms with Crippen LogP contribution in [0.3, 0.4) is 0 Å². The van der Waals surface area contributed by atoms with Gasteiger partial charge in [-0.2, -0.15) is 0 Å². The van der Waals surface area contributed by atoms with Crippen LogP contribution in [0.2, 0.25) is 0 Å². The van der Waals surface area contributed by atoms with Crippen LogP contribution in [0.25, 0.3) is 0 Å². The van der Waals surface area contributed by atoms with Gasteiger partial charge in [0, 0.05) is 11.0 Å². The molecule has 5 heteroatoms. The highest BCUT2D eigenvalue weighted by molar-refractivity contribution is 9.40. The maximum atomic E-state index is 5.37. The number of hydrogen-bond donors (Lipinski definition) is 1. The van der Waals surface area contributed by atoms with Gasteiger partial charge in [-0.25, -0.2) is 0 Å². The predicted molar refractivity (Wildman–Crippen MR) is 131 cm³/mol. The third-order valence-electron chi connectivity index (χ3n) is 4.59. The minimum Gasteiger partial charge on any atom is -0.490 e. The largest absolute Gasteiger partial charge is 0.490 e. The van der Waals surface area contributed by atoms with Crippen molar-refractivity contribution in [3.63, 3.8) is 0 Å². The van der Waals surface area contributed by atoms with Crippen molar-refractivity contribution in [1.29, 1.82) is 0 Å². The van der Waals surface area contributed by atoms with Crippen molar-refractivity contribution < 1.29 is 4.74 Å². The van der Waals surface area contributed by atoms with E-state index < -0.39 is 6.77 Å². The number of ether oxygens (including phenoxy) is 1. The molecule has 0 aliphatic heterocycles. The topological polar surface area (TPSA) is 21.3 Å². The number of hydrogen-bond acceptors (Lipinski definition) is 2. The zero-order chi connectivity index (χ0) is 21.4. The molecule has 0 saturated heterocycles. The first-order valence-corrected chi connectivity index (χ1v) is 13.5. The second-order valence-electron chi connectivity index (χ2n) is 10.2. The summed E-state index contributed by atoms with van der Waals surface area (Å²) in [5.74, 6) is 0. The summed E-state index contributed by atoms with van der Waals surface area (Å²) < 4.78 is 6.15. The normalized spacial score (nSPS) is 15.3. The molecule has 2 nitrogen and oxygen atoms in total. The maximum Gasteiger partial charge on any atom is 0.167 e. The lowest BCUT2D eigenvalue weighted by Crippen LogP contribution is -2.23. The summed E-state index contributed by atoms with van der Waals surface area (Å²) in [6, 6.07) is 4.77. The van der Waals surface area contributed by atoms with E-state index in [1.54, 1.807) is 7.11 Å². The molecule has 1 atom stereocenters. The molecule has 154 valence electrons. The first-order valence-electron chi connectivity index (χ1n) is 9.32. The van der Waals surface area contributed by atoms with Gasteiger partial charge < -0.3 is 9.82 Å². The Kier molecular flexibility index (Phi) is 8.10. The zero-order valence-electron chi connectivity index (χ0n) is 18.8. The molecule has 1 aromatic carbocycles. The third-order valence-corrected chi connectivity index (χ3v) is 9.15. The second-order valence-corrected chi connectivity index (χ2v) is 14.5. The van der Waals surface area contributed by atoms with E-state index >= 15 is 0 Å². The fourth-order valence-electron chi connectivity index (χ4n) is 2.79. The first kappa shape index (κ1) is 25.0. The summed E-state index contributed by atoms with van der Waals surface area (Å²) in [5, 5.41) is 4.93. The van der Waals surface area contributed by atoms with Crippen molar-refractivity contribution in [3.8, 4) is 0 Å². The van der Waals surface area contributed by atoms with Gasteiger partial charge in [0.05, 0.1) is 13.9 Å². The van der Waals surface area contributed by atoms with Crippen LogP contribution in [0.1, 0.15) is 85.9 Å². The number of anilines is 1. The van der Waals surface area contributed by atoms with Crippen molar-refractivity contribution in [2.45, 2.75) is 85.5 Å². The summed E-state index contributed by atoms with van der Waals surface area (Å²) in [4.78, 5) is 0. The van der Waals surface area contributed by atoms with Crippen LogP contribution in [0.15, 0.2) is 22.1 Å². The molecule has 0 fully saturated rings. The fourth-order valence-corrected chi connectivity index (χ4v) is 5.90. The van der Waals surface area contributed by atoms with Gasteiger partial charge in [-0.3, -0.25) is 0 Å². The number of rotatable bonds is 4. The van der Waals surface area contributed by atoms with Gasteiger partial charge in [0.25, 0.3) is 0 Å². The molecule has 0 aromatic heterocycles. The maximum absolute atomic E-state index is 5.37. The molecule has 1 aromatic rings. The molecule has 0 amide bonds. The highest BCUT2D eigenvalue weighted by atomic mass is 79.9. The van der Waals surface area contributed by atoms with Crippen LogP contribution in [-0.4, -0.2) is 7.11 Å². The van der Waals surface area contributed by atoms with Gasteiger partial charge in [0.2, 0.25) is 0 Å². The summed E-state index contributed by atoms with van der Waals surface area (Å²) in [6.45, 7) is 21.9. The van der Waals surface area contributed by atoms with E-state index in [1.807, 2.05) is 0 Å². The molecule has 0 bridgehead atoms. The third kappa shape index (κ3) is 6.47. The van der Waals surface area contributed by atoms with E-state index in [0.29, 0.717) is 0 Å². The highest BCUT2D eigenvalue weighted by Gasteiger charge is 2.30. The van der Waals surface area contributed by atoms with E-state index in [0.717, 1.165) is 9.98 Å². The molecule has 1 N–H and O–H groups in total. The van der Waals surface area contributed by atoms with Gasteiger partial charge in [-0.05, 0) is 71.3 Å². The van der Waals surface area contributed by atoms with Crippen molar-refractivity contribution in [3.05, 3.63) is 38.8 Å². The van der Waals surface area contributed by atoms with E-state index in [-0.39, 0.29) is 16.2 Å². The summed E-state index contributed by atoms with van der Waals surface area (Å²) in [7, 11) is 1.68. The molecule has 0 saturated carbocycles. The number of halogens is 2. The van der Waals surface area contributed by atoms with Crippen molar-refractivity contribution in [1.82, 2.24) is 0 Å². The molecule has 0 aliphatic carbocycles. The highest BCUT2D eigenvalue weighted by Crippen LogP contribution is 2.56. The minimum absolute atomic E-state index is 0.0306. The molecular weight excluding hydrogens is 485 g/mol. The van der Waals surface area contributed by atoms with Gasteiger partial charge >= 0.3 is 0 Å². The van der Waals surface area contributed by atoms with Gasteiger partial charge in [-0.1, -0.05) is 74.4 Å². The Labute approximate surface area is 184 Å². The summed E-state index contributed by atoms with van der Waals surface area (Å²) in [6.07, 6.45) is 0. The number of allylic oxidation sites excluding steroid dienone is 1. The lowest BCUT2D eigenvalue weighted by Gasteiger charge is -2.34. The Morgan fingerprint density at radius 3 is 1.59 bits per heavy atom. The Balaban J connectivity index is 3.75. The number of nitrogens with one attached hydrogen (secondary N) is 1. The van der Waals surface area contributed by atoms with Gasteiger partial charge in [0.1, 0.15) is 0 Å². The van der Waals surface area contributed by atoms with Crippen LogP contribution < -0.4 is 5.09 Å². The lowest BCUT2D eigenvalue weighted by molar-refractivity contribution is 0.326. The molecule has 0 aliphatic rings. The number of methoxy groups -OCH3 is 1. The molecule has 27 heavy (non-hydrogen) atoms. The van der Waals surface area contributed by atoms with E-state index in [9.17, 15) is 0 Å². The van der Waals surface area contributed by atoms with Crippen LogP contribution in [0.4, 0.5) is 5.69 Å². The van der Waals surface area contributed by atoms with Crippen LogP contribution in [0, 0.1) is 0 Å². The average molecular weight is 521 g/mol. The van der Waals surface area contributed by atoms with Crippen LogP contribution in [0.5, 0.6) is 0 Å². The molecule has 1 rings (SSSR count). The quantitative estimate of drug-likeness (QED) is 0.316. The van der Waals surface area contributed by atoms with Crippen LogP contribution in [-0.2, 0) is 21.0 Å². The zero-order valence-corrected chi connectivity index (χ0v) is 22.8. The Hall–Kier alpha value is -0.0500. The first-order chi connectivity index (χ1) is 12.0. The molecule has 0 heterocycles. The smallest absolute Gasteiger partial charge is 0.167 e. The van der Waals surface area contributed by atoms with Gasteiger partial charge in [0.15, 0.2) is 4.67 Å².